The van der Waals surface area contributed by atoms with Crippen LogP contribution in [0.2, 0.25) is 0 Å². The number of ether oxygens (including phenoxy) is 1. The molecule has 114 valence electrons. The van der Waals surface area contributed by atoms with E-state index in [9.17, 15) is 0 Å². The summed E-state index contributed by atoms with van der Waals surface area (Å²) in [4.78, 5) is 4.94. The summed E-state index contributed by atoms with van der Waals surface area (Å²) in [5.41, 5.74) is 2.30. The van der Waals surface area contributed by atoms with Crippen molar-refractivity contribution in [1.82, 2.24) is 14.9 Å². The first-order chi connectivity index (χ1) is 10.3. The minimum absolute atomic E-state index is 0.536. The largest absolute Gasteiger partial charge is 0.497 e. The van der Waals surface area contributed by atoms with Crippen LogP contribution in [0, 0.1) is 0 Å². The van der Waals surface area contributed by atoms with Crippen molar-refractivity contribution in [2.45, 2.75) is 45.1 Å². The summed E-state index contributed by atoms with van der Waals surface area (Å²) in [5, 5.41) is 3.51. The molecule has 1 aliphatic rings. The van der Waals surface area contributed by atoms with Gasteiger partial charge in [0.1, 0.15) is 11.6 Å². The lowest BCUT2D eigenvalue weighted by Crippen LogP contribution is -2.30. The Morgan fingerprint density at radius 3 is 3.05 bits per heavy atom. The maximum absolute atomic E-state index is 5.34. The fourth-order valence-corrected chi connectivity index (χ4v) is 3.19. The van der Waals surface area contributed by atoms with Crippen LogP contribution in [0.5, 0.6) is 5.75 Å². The standard InChI is InChI=1S/C17H25N3O/c1-3-4-10-20-16-8-7-14(21-2)11-15(16)19-17(20)13-6-5-9-18-12-13/h7-8,11,13,18H,3-6,9-10,12H2,1-2H3. The fourth-order valence-electron chi connectivity index (χ4n) is 3.19. The molecule has 0 saturated carbocycles. The van der Waals surface area contributed by atoms with Crippen LogP contribution in [0.4, 0.5) is 0 Å². The van der Waals surface area contributed by atoms with Crippen molar-refractivity contribution >= 4 is 11.0 Å². The van der Waals surface area contributed by atoms with Crippen LogP contribution in [0.1, 0.15) is 44.3 Å². The molecule has 1 aromatic heterocycles. The number of piperidine rings is 1. The van der Waals surface area contributed by atoms with Crippen LogP contribution in [0.15, 0.2) is 18.2 Å². The summed E-state index contributed by atoms with van der Waals surface area (Å²) >= 11 is 0. The SMILES string of the molecule is CCCCn1c(C2CCCNC2)nc2cc(OC)ccc21. The average Bonchev–Trinajstić information content (AvgIpc) is 2.91. The van der Waals surface area contributed by atoms with Crippen molar-refractivity contribution in [2.75, 3.05) is 20.2 Å². The number of benzene rings is 1. The van der Waals surface area contributed by atoms with Gasteiger partial charge in [-0.1, -0.05) is 13.3 Å². The Labute approximate surface area is 126 Å². The third-order valence-electron chi connectivity index (χ3n) is 4.38. The molecular weight excluding hydrogens is 262 g/mol. The number of nitrogens with one attached hydrogen (secondary N) is 1. The summed E-state index contributed by atoms with van der Waals surface area (Å²) in [6.07, 6.45) is 4.88. The fraction of sp³-hybridized carbons (Fsp3) is 0.588. The highest BCUT2D eigenvalue weighted by Crippen LogP contribution is 2.29. The minimum Gasteiger partial charge on any atom is -0.497 e. The molecule has 4 nitrogen and oxygen atoms in total. The summed E-state index contributed by atoms with van der Waals surface area (Å²) < 4.78 is 7.76. The lowest BCUT2D eigenvalue weighted by molar-refractivity contribution is 0.415. The van der Waals surface area contributed by atoms with Crippen molar-refractivity contribution in [2.24, 2.45) is 0 Å². The second-order valence-corrected chi connectivity index (χ2v) is 5.87. The van der Waals surface area contributed by atoms with Gasteiger partial charge in [0, 0.05) is 25.1 Å². The number of fused-ring (bicyclic) bond motifs is 1. The van der Waals surface area contributed by atoms with E-state index in [-0.39, 0.29) is 0 Å². The molecule has 1 atom stereocenters. The molecule has 21 heavy (non-hydrogen) atoms. The Morgan fingerprint density at radius 1 is 1.43 bits per heavy atom. The van der Waals surface area contributed by atoms with Gasteiger partial charge in [-0.25, -0.2) is 4.98 Å². The lowest BCUT2D eigenvalue weighted by atomic mass is 9.99. The van der Waals surface area contributed by atoms with Gasteiger partial charge in [0.05, 0.1) is 18.1 Å². The van der Waals surface area contributed by atoms with Gasteiger partial charge in [0.25, 0.3) is 0 Å². The van der Waals surface area contributed by atoms with Crippen LogP contribution >= 0.6 is 0 Å². The minimum atomic E-state index is 0.536. The summed E-state index contributed by atoms with van der Waals surface area (Å²) in [6, 6.07) is 6.24. The van der Waals surface area contributed by atoms with Gasteiger partial charge in [0.15, 0.2) is 0 Å². The van der Waals surface area contributed by atoms with Crippen molar-refractivity contribution in [3.05, 3.63) is 24.0 Å². The van der Waals surface area contributed by atoms with Crippen LogP contribution in [0.25, 0.3) is 11.0 Å². The molecule has 0 aliphatic carbocycles. The molecular formula is C17H25N3O. The smallest absolute Gasteiger partial charge is 0.121 e. The molecule has 3 rings (SSSR count). The third-order valence-corrected chi connectivity index (χ3v) is 4.38. The molecule has 0 amide bonds. The van der Waals surface area contributed by atoms with E-state index < -0.39 is 0 Å². The van der Waals surface area contributed by atoms with E-state index in [1.807, 2.05) is 6.07 Å². The van der Waals surface area contributed by atoms with Gasteiger partial charge in [0.2, 0.25) is 0 Å². The van der Waals surface area contributed by atoms with E-state index in [2.05, 4.69) is 28.9 Å². The van der Waals surface area contributed by atoms with Gasteiger partial charge >= 0.3 is 0 Å². The second-order valence-electron chi connectivity index (χ2n) is 5.87. The van der Waals surface area contributed by atoms with Gasteiger partial charge in [-0.15, -0.1) is 0 Å². The second kappa shape index (κ2) is 6.48. The molecule has 4 heteroatoms. The first-order valence-corrected chi connectivity index (χ1v) is 8.08. The highest BCUT2D eigenvalue weighted by atomic mass is 16.5. The van der Waals surface area contributed by atoms with Crippen molar-refractivity contribution in [1.29, 1.82) is 0 Å². The molecule has 2 heterocycles. The number of unbranched alkanes of at least 4 members (excludes halogenated alkanes) is 1. The first kappa shape index (κ1) is 14.4. The number of aromatic nitrogens is 2. The zero-order chi connectivity index (χ0) is 14.7. The van der Waals surface area contributed by atoms with E-state index in [0.717, 1.165) is 30.9 Å². The molecule has 1 aliphatic heterocycles. The Hall–Kier alpha value is -1.55. The van der Waals surface area contributed by atoms with E-state index >= 15 is 0 Å². The third kappa shape index (κ3) is 2.91. The lowest BCUT2D eigenvalue weighted by Gasteiger charge is -2.23. The van der Waals surface area contributed by atoms with Crippen molar-refractivity contribution in [3.8, 4) is 5.75 Å². The first-order valence-electron chi connectivity index (χ1n) is 8.08. The predicted molar refractivity (Wildman–Crippen MR) is 86.0 cm³/mol. The van der Waals surface area contributed by atoms with E-state index in [0.29, 0.717) is 5.92 Å². The predicted octanol–water partition coefficient (Wildman–Crippen LogP) is 3.31. The topological polar surface area (TPSA) is 39.1 Å². The van der Waals surface area contributed by atoms with Gasteiger partial charge in [-0.3, -0.25) is 0 Å². The van der Waals surface area contributed by atoms with Crippen LogP contribution < -0.4 is 10.1 Å². The van der Waals surface area contributed by atoms with Gasteiger partial charge in [-0.05, 0) is 37.9 Å². The molecule has 1 fully saturated rings. The van der Waals surface area contributed by atoms with E-state index in [1.165, 1.54) is 37.0 Å². The molecule has 0 spiro atoms. The molecule has 1 aromatic carbocycles. The molecule has 2 aromatic rings. The summed E-state index contributed by atoms with van der Waals surface area (Å²) in [6.45, 7) is 5.49. The molecule has 1 saturated heterocycles. The maximum Gasteiger partial charge on any atom is 0.121 e. The highest BCUT2D eigenvalue weighted by Gasteiger charge is 2.22. The quantitative estimate of drug-likeness (QED) is 0.917. The van der Waals surface area contributed by atoms with Crippen molar-refractivity contribution in [3.63, 3.8) is 0 Å². The number of imidazole rings is 1. The Morgan fingerprint density at radius 2 is 2.33 bits per heavy atom. The zero-order valence-corrected chi connectivity index (χ0v) is 13.1. The molecule has 1 unspecified atom stereocenters. The Kier molecular flexibility index (Phi) is 4.44. The highest BCUT2D eigenvalue weighted by molar-refractivity contribution is 5.78. The number of nitrogens with zero attached hydrogens (tertiary/aromatic N) is 2. The van der Waals surface area contributed by atoms with Crippen molar-refractivity contribution < 1.29 is 4.74 Å². The Balaban J connectivity index is 2.02. The number of rotatable bonds is 5. The zero-order valence-electron chi connectivity index (χ0n) is 13.1. The normalized spacial score (nSPS) is 19.0. The summed E-state index contributed by atoms with van der Waals surface area (Å²) in [5.74, 6) is 2.67. The van der Waals surface area contributed by atoms with Crippen LogP contribution in [0.3, 0.4) is 0 Å². The van der Waals surface area contributed by atoms with E-state index in [4.69, 9.17) is 9.72 Å². The molecule has 0 radical (unpaired) electrons. The van der Waals surface area contributed by atoms with Gasteiger partial charge < -0.3 is 14.6 Å². The van der Waals surface area contributed by atoms with E-state index in [1.54, 1.807) is 7.11 Å². The average molecular weight is 287 g/mol. The molecule has 1 N–H and O–H groups in total. The maximum atomic E-state index is 5.34. The number of hydrogen-bond acceptors (Lipinski definition) is 3. The van der Waals surface area contributed by atoms with Crippen LogP contribution in [-0.4, -0.2) is 29.8 Å². The molecule has 0 bridgehead atoms. The van der Waals surface area contributed by atoms with Gasteiger partial charge in [-0.2, -0.15) is 0 Å². The van der Waals surface area contributed by atoms with Crippen LogP contribution in [-0.2, 0) is 6.54 Å². The number of aryl methyl sites for hydroxylation is 1. The summed E-state index contributed by atoms with van der Waals surface area (Å²) in [7, 11) is 1.71. The Bertz CT molecular complexity index is 599. The monoisotopic (exact) mass is 287 g/mol. The number of methoxy groups -OCH3 is 1. The number of hydrogen-bond donors (Lipinski definition) is 1.